The van der Waals surface area contributed by atoms with Crippen LogP contribution in [0.1, 0.15) is 6.92 Å². The van der Waals surface area contributed by atoms with Crippen LogP contribution in [0.4, 0.5) is 0 Å². The highest BCUT2D eigenvalue weighted by atomic mass is 35.5. The lowest BCUT2D eigenvalue weighted by Gasteiger charge is -1.96. The van der Waals surface area contributed by atoms with Crippen molar-refractivity contribution < 1.29 is 4.42 Å². The van der Waals surface area contributed by atoms with Gasteiger partial charge in [-0.3, -0.25) is 0 Å². The van der Waals surface area contributed by atoms with Gasteiger partial charge in [-0.15, -0.1) is 10.2 Å². The van der Waals surface area contributed by atoms with Crippen molar-refractivity contribution >= 4 is 23.4 Å². The van der Waals surface area contributed by atoms with Crippen LogP contribution in [0.25, 0.3) is 11.5 Å². The van der Waals surface area contributed by atoms with Crippen LogP contribution < -0.4 is 0 Å². The van der Waals surface area contributed by atoms with Gasteiger partial charge in [0.2, 0.25) is 5.89 Å². The van der Waals surface area contributed by atoms with Crippen LogP contribution in [0.15, 0.2) is 33.9 Å². The number of rotatable bonds is 3. The molecule has 0 saturated carbocycles. The fourth-order valence-corrected chi connectivity index (χ4v) is 1.93. The van der Waals surface area contributed by atoms with Crippen molar-refractivity contribution in [1.29, 1.82) is 5.26 Å². The first-order chi connectivity index (χ1) is 8.19. The molecule has 1 aromatic carbocycles. The Morgan fingerprint density at radius 2 is 2.29 bits per heavy atom. The predicted molar refractivity (Wildman–Crippen MR) is 65.7 cm³/mol. The summed E-state index contributed by atoms with van der Waals surface area (Å²) in [5, 5.41) is 17.2. The predicted octanol–water partition coefficient (Wildman–Crippen LogP) is 3.39. The largest absolute Gasteiger partial charge is 0.411 e. The Bertz CT molecular complexity index is 564. The van der Waals surface area contributed by atoms with Gasteiger partial charge in [0, 0.05) is 10.6 Å². The van der Waals surface area contributed by atoms with Gasteiger partial charge in [-0.05, 0) is 36.9 Å². The molecule has 0 radical (unpaired) electrons. The first kappa shape index (κ1) is 12.0. The molecule has 86 valence electrons. The van der Waals surface area contributed by atoms with Crippen LogP contribution in [0.2, 0.25) is 5.02 Å². The van der Waals surface area contributed by atoms with E-state index in [1.807, 2.05) is 12.1 Å². The van der Waals surface area contributed by atoms with Crippen LogP contribution in [0, 0.1) is 11.3 Å². The standard InChI is InChI=1S/C11H8ClN3OS/c1-7(6-13)17-11-15-14-10(16-11)8-3-2-4-9(12)5-8/h2-5,7H,1H3/t7-/m1/s1. The summed E-state index contributed by atoms with van der Waals surface area (Å²) in [7, 11) is 0. The molecule has 0 fully saturated rings. The highest BCUT2D eigenvalue weighted by Gasteiger charge is 2.12. The minimum Gasteiger partial charge on any atom is -0.411 e. The van der Waals surface area contributed by atoms with Crippen LogP contribution in [0.5, 0.6) is 0 Å². The second-order valence-corrected chi connectivity index (χ2v) is 5.00. The molecule has 0 saturated heterocycles. The summed E-state index contributed by atoms with van der Waals surface area (Å²) in [4.78, 5) is 0. The van der Waals surface area contributed by atoms with E-state index in [0.29, 0.717) is 16.1 Å². The van der Waals surface area contributed by atoms with Crippen LogP contribution >= 0.6 is 23.4 Å². The van der Waals surface area contributed by atoms with Gasteiger partial charge >= 0.3 is 0 Å². The van der Waals surface area contributed by atoms with Crippen molar-refractivity contribution in [1.82, 2.24) is 10.2 Å². The van der Waals surface area contributed by atoms with Gasteiger partial charge < -0.3 is 4.42 Å². The van der Waals surface area contributed by atoms with Gasteiger partial charge in [-0.2, -0.15) is 5.26 Å². The van der Waals surface area contributed by atoms with Crippen molar-refractivity contribution in [2.75, 3.05) is 0 Å². The first-order valence-corrected chi connectivity index (χ1v) is 6.10. The lowest BCUT2D eigenvalue weighted by atomic mass is 10.2. The number of nitrogens with zero attached hydrogens (tertiary/aromatic N) is 3. The van der Waals surface area contributed by atoms with Gasteiger partial charge in [-0.25, -0.2) is 0 Å². The third-order valence-electron chi connectivity index (χ3n) is 1.94. The van der Waals surface area contributed by atoms with Crippen LogP contribution in [-0.4, -0.2) is 15.4 Å². The lowest BCUT2D eigenvalue weighted by molar-refractivity contribution is 0.465. The Balaban J connectivity index is 2.21. The average molecular weight is 266 g/mol. The Labute approximate surface area is 108 Å². The average Bonchev–Trinajstić information content (AvgIpc) is 2.77. The van der Waals surface area contributed by atoms with Crippen molar-refractivity contribution in [3.05, 3.63) is 29.3 Å². The van der Waals surface area contributed by atoms with E-state index < -0.39 is 0 Å². The molecule has 0 unspecified atom stereocenters. The molecule has 0 aliphatic carbocycles. The Hall–Kier alpha value is -1.51. The second-order valence-electron chi connectivity index (χ2n) is 3.27. The molecule has 2 aromatic rings. The Morgan fingerprint density at radius 3 is 3.00 bits per heavy atom. The van der Waals surface area contributed by atoms with Crippen molar-refractivity contribution in [3.8, 4) is 17.5 Å². The van der Waals surface area contributed by atoms with Gasteiger partial charge in [0.05, 0.1) is 11.3 Å². The summed E-state index contributed by atoms with van der Waals surface area (Å²) in [6.45, 7) is 1.77. The molecule has 0 amide bonds. The SMILES string of the molecule is C[C@H](C#N)Sc1nnc(-c2cccc(Cl)c2)o1. The molecular formula is C11H8ClN3OS. The summed E-state index contributed by atoms with van der Waals surface area (Å²) in [5.74, 6) is 0.403. The summed E-state index contributed by atoms with van der Waals surface area (Å²) < 4.78 is 5.43. The number of nitriles is 1. The second kappa shape index (κ2) is 5.21. The molecule has 0 aliphatic rings. The maximum Gasteiger partial charge on any atom is 0.278 e. The fourth-order valence-electron chi connectivity index (χ4n) is 1.17. The molecule has 1 aromatic heterocycles. The maximum atomic E-state index is 8.68. The van der Waals surface area contributed by atoms with Crippen LogP contribution in [-0.2, 0) is 0 Å². The molecule has 0 bridgehead atoms. The number of benzene rings is 1. The summed E-state index contributed by atoms with van der Waals surface area (Å²) >= 11 is 7.10. The third-order valence-corrected chi connectivity index (χ3v) is 3.00. The van der Waals surface area contributed by atoms with E-state index in [-0.39, 0.29) is 5.25 Å². The Morgan fingerprint density at radius 1 is 1.47 bits per heavy atom. The van der Waals surface area contributed by atoms with Gasteiger partial charge in [0.1, 0.15) is 0 Å². The number of hydrogen-bond donors (Lipinski definition) is 0. The van der Waals surface area contributed by atoms with Crippen LogP contribution in [0.3, 0.4) is 0 Å². The van der Waals surface area contributed by atoms with E-state index in [2.05, 4.69) is 16.3 Å². The topological polar surface area (TPSA) is 62.7 Å². The highest BCUT2D eigenvalue weighted by molar-refractivity contribution is 7.99. The number of hydrogen-bond acceptors (Lipinski definition) is 5. The molecule has 0 N–H and O–H groups in total. The van der Waals surface area contributed by atoms with E-state index in [9.17, 15) is 0 Å². The molecule has 1 atom stereocenters. The first-order valence-electron chi connectivity index (χ1n) is 4.85. The summed E-state index contributed by atoms with van der Waals surface area (Å²) in [6.07, 6.45) is 0. The minimum atomic E-state index is -0.220. The zero-order chi connectivity index (χ0) is 12.3. The van der Waals surface area contributed by atoms with Crippen molar-refractivity contribution in [2.45, 2.75) is 17.4 Å². The quantitative estimate of drug-likeness (QED) is 0.796. The van der Waals surface area contributed by atoms with E-state index in [4.69, 9.17) is 21.3 Å². The fraction of sp³-hybridized carbons (Fsp3) is 0.182. The van der Waals surface area contributed by atoms with Gasteiger partial charge in [0.25, 0.3) is 5.22 Å². The Kier molecular flexibility index (Phi) is 3.67. The molecule has 1 heterocycles. The van der Waals surface area contributed by atoms with E-state index >= 15 is 0 Å². The van der Waals surface area contributed by atoms with Crippen molar-refractivity contribution in [3.63, 3.8) is 0 Å². The maximum absolute atomic E-state index is 8.68. The third kappa shape index (κ3) is 2.99. The van der Waals surface area contributed by atoms with E-state index in [0.717, 1.165) is 5.56 Å². The number of halogens is 1. The lowest BCUT2D eigenvalue weighted by Crippen LogP contribution is -1.88. The molecule has 2 rings (SSSR count). The zero-order valence-corrected chi connectivity index (χ0v) is 10.5. The van der Waals surface area contributed by atoms with Gasteiger partial charge in [0.15, 0.2) is 0 Å². The molecule has 17 heavy (non-hydrogen) atoms. The molecule has 0 spiro atoms. The smallest absolute Gasteiger partial charge is 0.278 e. The number of thioether (sulfide) groups is 1. The zero-order valence-electron chi connectivity index (χ0n) is 8.92. The van der Waals surface area contributed by atoms with Gasteiger partial charge in [-0.1, -0.05) is 17.7 Å². The van der Waals surface area contributed by atoms with Crippen molar-refractivity contribution in [2.24, 2.45) is 0 Å². The van der Waals surface area contributed by atoms with E-state index in [1.165, 1.54) is 11.8 Å². The summed E-state index contributed by atoms with van der Waals surface area (Å²) in [5.41, 5.74) is 0.765. The highest BCUT2D eigenvalue weighted by Crippen LogP contribution is 2.26. The van der Waals surface area contributed by atoms with E-state index in [1.54, 1.807) is 19.1 Å². The monoisotopic (exact) mass is 265 g/mol. The normalized spacial score (nSPS) is 12.1. The molecular weight excluding hydrogens is 258 g/mol. The summed E-state index contributed by atoms with van der Waals surface area (Å²) in [6, 6.07) is 9.25. The number of aromatic nitrogens is 2. The molecule has 4 nitrogen and oxygen atoms in total. The molecule has 6 heteroatoms. The molecule has 0 aliphatic heterocycles. The minimum absolute atomic E-state index is 0.220.